The standard InChI is InChI=1S/C11H11FN2O/c1-8-4-9(6-10(12)5-8)11-2-3-13-14(11)7-15/h3-7,11H,2H2,1H3. The Morgan fingerprint density at radius 1 is 1.53 bits per heavy atom. The van der Waals surface area contributed by atoms with Gasteiger partial charge in [0.05, 0.1) is 6.04 Å². The zero-order valence-electron chi connectivity index (χ0n) is 8.35. The second-order valence-electron chi connectivity index (χ2n) is 3.60. The average molecular weight is 206 g/mol. The fourth-order valence-electron chi connectivity index (χ4n) is 1.78. The summed E-state index contributed by atoms with van der Waals surface area (Å²) in [7, 11) is 0. The first kappa shape index (κ1) is 9.83. The molecule has 0 aliphatic carbocycles. The van der Waals surface area contributed by atoms with Gasteiger partial charge in [-0.25, -0.2) is 9.40 Å². The molecule has 0 saturated carbocycles. The average Bonchev–Trinajstić information content (AvgIpc) is 2.63. The molecule has 1 atom stereocenters. The smallest absolute Gasteiger partial charge is 0.230 e. The summed E-state index contributed by atoms with van der Waals surface area (Å²) < 4.78 is 13.2. The van der Waals surface area contributed by atoms with Gasteiger partial charge in [-0.15, -0.1) is 0 Å². The summed E-state index contributed by atoms with van der Waals surface area (Å²) in [5.74, 6) is -0.275. The summed E-state index contributed by atoms with van der Waals surface area (Å²) >= 11 is 0. The summed E-state index contributed by atoms with van der Waals surface area (Å²) in [6.07, 6.45) is 2.97. The number of hydrazone groups is 1. The molecule has 15 heavy (non-hydrogen) atoms. The molecule has 2 rings (SSSR count). The zero-order chi connectivity index (χ0) is 10.8. The Morgan fingerprint density at radius 3 is 3.00 bits per heavy atom. The molecule has 0 fully saturated rings. The molecule has 0 bridgehead atoms. The molecule has 1 aliphatic heterocycles. The van der Waals surface area contributed by atoms with E-state index in [1.807, 2.05) is 13.0 Å². The van der Waals surface area contributed by atoms with E-state index in [0.29, 0.717) is 12.8 Å². The van der Waals surface area contributed by atoms with E-state index in [9.17, 15) is 9.18 Å². The maximum absolute atomic E-state index is 13.2. The van der Waals surface area contributed by atoms with Crippen molar-refractivity contribution in [1.82, 2.24) is 5.01 Å². The van der Waals surface area contributed by atoms with E-state index in [1.54, 1.807) is 6.21 Å². The van der Waals surface area contributed by atoms with Crippen molar-refractivity contribution in [3.05, 3.63) is 35.1 Å². The van der Waals surface area contributed by atoms with E-state index in [1.165, 1.54) is 17.1 Å². The fourth-order valence-corrected chi connectivity index (χ4v) is 1.78. The van der Waals surface area contributed by atoms with Crippen LogP contribution in [-0.2, 0) is 4.79 Å². The van der Waals surface area contributed by atoms with E-state index in [-0.39, 0.29) is 11.9 Å². The number of nitrogens with zero attached hydrogens (tertiary/aromatic N) is 2. The third-order valence-corrected chi connectivity index (χ3v) is 2.42. The van der Waals surface area contributed by atoms with Crippen molar-refractivity contribution in [1.29, 1.82) is 0 Å². The number of carbonyl (C=O) groups excluding carboxylic acids is 1. The largest absolute Gasteiger partial charge is 0.277 e. The highest BCUT2D eigenvalue weighted by Crippen LogP contribution is 2.27. The van der Waals surface area contributed by atoms with Gasteiger partial charge in [-0.1, -0.05) is 6.07 Å². The lowest BCUT2D eigenvalue weighted by Crippen LogP contribution is -2.17. The summed E-state index contributed by atoms with van der Waals surface area (Å²) in [6, 6.07) is 4.63. The van der Waals surface area contributed by atoms with Crippen molar-refractivity contribution in [2.75, 3.05) is 0 Å². The molecule has 0 radical (unpaired) electrons. The molecule has 0 N–H and O–H groups in total. The topological polar surface area (TPSA) is 32.7 Å². The van der Waals surface area contributed by atoms with Crippen molar-refractivity contribution < 1.29 is 9.18 Å². The molecule has 78 valence electrons. The Labute approximate surface area is 87.2 Å². The van der Waals surface area contributed by atoms with Gasteiger partial charge in [0.2, 0.25) is 6.41 Å². The first-order chi connectivity index (χ1) is 7.20. The highest BCUT2D eigenvalue weighted by Gasteiger charge is 2.22. The first-order valence-electron chi connectivity index (χ1n) is 4.74. The van der Waals surface area contributed by atoms with Crippen LogP contribution in [0, 0.1) is 12.7 Å². The second kappa shape index (κ2) is 3.81. The molecule has 1 unspecified atom stereocenters. The van der Waals surface area contributed by atoms with Gasteiger partial charge in [0, 0.05) is 12.6 Å². The summed E-state index contributed by atoms with van der Waals surface area (Å²) in [5.41, 5.74) is 1.64. The van der Waals surface area contributed by atoms with Crippen LogP contribution in [0.15, 0.2) is 23.3 Å². The van der Waals surface area contributed by atoms with Crippen LogP contribution >= 0.6 is 0 Å². The zero-order valence-corrected chi connectivity index (χ0v) is 8.35. The third-order valence-electron chi connectivity index (χ3n) is 2.42. The van der Waals surface area contributed by atoms with E-state index in [2.05, 4.69) is 5.10 Å². The van der Waals surface area contributed by atoms with Gasteiger partial charge in [-0.05, 0) is 30.2 Å². The lowest BCUT2D eigenvalue weighted by atomic mass is 10.0. The van der Waals surface area contributed by atoms with Crippen LogP contribution < -0.4 is 0 Å². The van der Waals surface area contributed by atoms with Crippen molar-refractivity contribution >= 4 is 12.6 Å². The molecule has 3 nitrogen and oxygen atoms in total. The van der Waals surface area contributed by atoms with Gasteiger partial charge >= 0.3 is 0 Å². The molecule has 0 aromatic heterocycles. The number of halogens is 1. The lowest BCUT2D eigenvalue weighted by molar-refractivity contribution is -0.119. The van der Waals surface area contributed by atoms with E-state index in [0.717, 1.165) is 11.1 Å². The minimum Gasteiger partial charge on any atom is -0.277 e. The van der Waals surface area contributed by atoms with Crippen LogP contribution in [-0.4, -0.2) is 17.6 Å². The third kappa shape index (κ3) is 1.88. The highest BCUT2D eigenvalue weighted by molar-refractivity contribution is 5.65. The highest BCUT2D eigenvalue weighted by atomic mass is 19.1. The SMILES string of the molecule is Cc1cc(F)cc(C2CC=NN2C=O)c1. The molecule has 1 heterocycles. The molecule has 4 heteroatoms. The summed E-state index contributed by atoms with van der Waals surface area (Å²) in [6.45, 7) is 1.83. The van der Waals surface area contributed by atoms with Gasteiger partial charge in [0.15, 0.2) is 0 Å². The van der Waals surface area contributed by atoms with E-state index < -0.39 is 0 Å². The van der Waals surface area contributed by atoms with Crippen LogP contribution in [0.2, 0.25) is 0 Å². The van der Waals surface area contributed by atoms with Crippen molar-refractivity contribution in [3.8, 4) is 0 Å². The van der Waals surface area contributed by atoms with E-state index >= 15 is 0 Å². The Bertz CT molecular complexity index is 397. The number of aryl methyl sites for hydroxylation is 1. The predicted molar refractivity (Wildman–Crippen MR) is 54.9 cm³/mol. The Hall–Kier alpha value is -1.71. The first-order valence-corrected chi connectivity index (χ1v) is 4.74. The van der Waals surface area contributed by atoms with Gasteiger partial charge in [-0.3, -0.25) is 4.79 Å². The maximum atomic E-state index is 13.2. The Kier molecular flexibility index (Phi) is 2.49. The number of amides is 1. The molecular formula is C11H11FN2O. The molecule has 1 aromatic rings. The van der Waals surface area contributed by atoms with Crippen LogP contribution in [0.25, 0.3) is 0 Å². The van der Waals surface area contributed by atoms with Gasteiger partial charge in [0.1, 0.15) is 5.82 Å². The normalized spacial score (nSPS) is 19.6. The molecule has 1 amide bonds. The van der Waals surface area contributed by atoms with Gasteiger partial charge in [0.25, 0.3) is 0 Å². The van der Waals surface area contributed by atoms with Crippen LogP contribution in [0.3, 0.4) is 0 Å². The summed E-state index contributed by atoms with van der Waals surface area (Å²) in [5, 5.41) is 5.20. The number of benzene rings is 1. The maximum Gasteiger partial charge on any atom is 0.230 e. The molecule has 0 spiro atoms. The number of hydrogen-bond acceptors (Lipinski definition) is 2. The fraction of sp³-hybridized carbons (Fsp3) is 0.273. The van der Waals surface area contributed by atoms with Gasteiger partial charge in [-0.2, -0.15) is 5.10 Å². The Morgan fingerprint density at radius 2 is 2.33 bits per heavy atom. The van der Waals surface area contributed by atoms with Crippen molar-refractivity contribution in [3.63, 3.8) is 0 Å². The van der Waals surface area contributed by atoms with Crippen LogP contribution in [0.4, 0.5) is 4.39 Å². The minimum absolute atomic E-state index is 0.156. The molecule has 1 aromatic carbocycles. The quantitative estimate of drug-likeness (QED) is 0.681. The Balaban J connectivity index is 2.33. The summed E-state index contributed by atoms with van der Waals surface area (Å²) in [4.78, 5) is 10.7. The van der Waals surface area contributed by atoms with Gasteiger partial charge < -0.3 is 0 Å². The second-order valence-corrected chi connectivity index (χ2v) is 3.60. The monoisotopic (exact) mass is 206 g/mol. The lowest BCUT2D eigenvalue weighted by Gasteiger charge is -2.17. The minimum atomic E-state index is -0.275. The van der Waals surface area contributed by atoms with E-state index in [4.69, 9.17) is 0 Å². The van der Waals surface area contributed by atoms with Crippen LogP contribution in [0.1, 0.15) is 23.6 Å². The number of hydrogen-bond donors (Lipinski definition) is 0. The molecule has 1 aliphatic rings. The molecule has 0 saturated heterocycles. The van der Waals surface area contributed by atoms with Crippen molar-refractivity contribution in [2.45, 2.75) is 19.4 Å². The predicted octanol–water partition coefficient (Wildman–Crippen LogP) is 2.02. The number of rotatable bonds is 2. The number of carbonyl (C=O) groups is 1. The van der Waals surface area contributed by atoms with Crippen molar-refractivity contribution in [2.24, 2.45) is 5.10 Å². The molecular weight excluding hydrogens is 195 g/mol. The van der Waals surface area contributed by atoms with Crippen LogP contribution in [0.5, 0.6) is 0 Å².